The van der Waals surface area contributed by atoms with Crippen LogP contribution in [-0.2, 0) is 31.2 Å². The van der Waals surface area contributed by atoms with E-state index in [0.717, 1.165) is 24.3 Å². The average Bonchev–Trinajstić information content (AvgIpc) is 3.04. The van der Waals surface area contributed by atoms with Crippen LogP contribution in [0.5, 0.6) is 0 Å². The van der Waals surface area contributed by atoms with E-state index in [2.05, 4.69) is 10.4 Å². The molecule has 0 aromatic carbocycles. The lowest BCUT2D eigenvalue weighted by atomic mass is 9.93. The minimum atomic E-state index is -0.774. The summed E-state index contributed by atoms with van der Waals surface area (Å²) in [6.07, 6.45) is 5.49. The summed E-state index contributed by atoms with van der Waals surface area (Å²) in [6.45, 7) is 0.781. The van der Waals surface area contributed by atoms with Gasteiger partial charge in [-0.1, -0.05) is 0 Å². The first-order valence-corrected chi connectivity index (χ1v) is 7.98. The van der Waals surface area contributed by atoms with Crippen molar-refractivity contribution in [1.29, 1.82) is 0 Å². The molecule has 0 fully saturated rings. The number of thiophene rings is 1. The number of hydrogen-bond acceptors (Lipinski definition) is 4. The second-order valence-electron chi connectivity index (χ2n) is 5.43. The van der Waals surface area contributed by atoms with Crippen LogP contribution < -0.4 is 5.32 Å². The summed E-state index contributed by atoms with van der Waals surface area (Å²) >= 11 is 1.57. The molecule has 0 radical (unpaired) electrons. The van der Waals surface area contributed by atoms with E-state index in [1.165, 1.54) is 22.6 Å². The van der Waals surface area contributed by atoms with Gasteiger partial charge in [0.05, 0.1) is 12.6 Å². The predicted octanol–water partition coefficient (Wildman–Crippen LogP) is 2.28. The average molecular weight is 305 g/mol. The third-order valence-electron chi connectivity index (χ3n) is 3.94. The Morgan fingerprint density at radius 3 is 3.14 bits per heavy atom. The summed E-state index contributed by atoms with van der Waals surface area (Å²) in [4.78, 5) is 12.8. The van der Waals surface area contributed by atoms with Crippen molar-refractivity contribution in [2.45, 2.75) is 38.3 Å². The molecule has 0 amide bonds. The van der Waals surface area contributed by atoms with Crippen LogP contribution >= 0.6 is 11.3 Å². The van der Waals surface area contributed by atoms with E-state index >= 15 is 0 Å². The lowest BCUT2D eigenvalue weighted by Crippen LogP contribution is -2.24. The Bertz CT molecular complexity index is 647. The Morgan fingerprint density at radius 1 is 1.52 bits per heavy atom. The van der Waals surface area contributed by atoms with Gasteiger partial charge >= 0.3 is 5.97 Å². The first kappa shape index (κ1) is 14.3. The van der Waals surface area contributed by atoms with Crippen molar-refractivity contribution in [2.24, 2.45) is 7.05 Å². The Labute approximate surface area is 127 Å². The Kier molecular flexibility index (Phi) is 4.07. The lowest BCUT2D eigenvalue weighted by molar-refractivity contribution is -0.136. The zero-order valence-electron chi connectivity index (χ0n) is 12.0. The molecule has 2 aromatic heterocycles. The van der Waals surface area contributed by atoms with Crippen LogP contribution in [0.4, 0.5) is 0 Å². The number of nitrogens with zero attached hydrogens (tertiary/aromatic N) is 2. The molecule has 0 saturated carbocycles. The standard InChI is InChI=1S/C15H19N3O2S/c1-18-14-4-2-3-13(12(14)9-17-18)16-8-11-6-5-10(21-11)7-15(19)20/h5-6,9,13,16H,2-4,7-8H2,1H3,(H,19,20). The number of nitrogens with one attached hydrogen (secondary N) is 1. The smallest absolute Gasteiger partial charge is 0.308 e. The van der Waals surface area contributed by atoms with Crippen LogP contribution in [0.25, 0.3) is 0 Å². The zero-order valence-corrected chi connectivity index (χ0v) is 12.8. The second-order valence-corrected chi connectivity index (χ2v) is 6.69. The van der Waals surface area contributed by atoms with Crippen molar-refractivity contribution in [2.75, 3.05) is 0 Å². The summed E-state index contributed by atoms with van der Waals surface area (Å²) in [7, 11) is 2.00. The topological polar surface area (TPSA) is 67.2 Å². The molecule has 1 atom stereocenters. The molecular weight excluding hydrogens is 286 g/mol. The molecule has 5 nitrogen and oxygen atoms in total. The highest BCUT2D eigenvalue weighted by molar-refractivity contribution is 7.12. The molecule has 0 spiro atoms. The highest BCUT2D eigenvalue weighted by Crippen LogP contribution is 2.29. The van der Waals surface area contributed by atoms with Gasteiger partial charge in [-0.25, -0.2) is 0 Å². The number of hydrogen-bond donors (Lipinski definition) is 2. The first-order chi connectivity index (χ1) is 10.1. The summed E-state index contributed by atoms with van der Waals surface area (Å²) < 4.78 is 1.97. The van der Waals surface area contributed by atoms with Crippen LogP contribution in [0.1, 0.15) is 39.9 Å². The molecule has 2 aromatic rings. The van der Waals surface area contributed by atoms with Gasteiger partial charge in [-0.2, -0.15) is 5.10 Å². The minimum Gasteiger partial charge on any atom is -0.481 e. The van der Waals surface area contributed by atoms with Gasteiger partial charge in [-0.05, 0) is 31.4 Å². The Hall–Kier alpha value is -1.66. The van der Waals surface area contributed by atoms with Gasteiger partial charge < -0.3 is 10.4 Å². The molecule has 1 aliphatic carbocycles. The van der Waals surface area contributed by atoms with Crippen molar-refractivity contribution in [3.8, 4) is 0 Å². The molecule has 2 heterocycles. The SMILES string of the molecule is Cn1ncc2c1CCCC2NCc1ccc(CC(=O)O)s1. The Balaban J connectivity index is 1.63. The maximum absolute atomic E-state index is 10.7. The van der Waals surface area contributed by atoms with Gasteiger partial charge in [0.2, 0.25) is 0 Å². The third kappa shape index (κ3) is 3.16. The van der Waals surface area contributed by atoms with Crippen LogP contribution in [-0.4, -0.2) is 20.9 Å². The highest BCUT2D eigenvalue weighted by Gasteiger charge is 2.22. The fraction of sp³-hybridized carbons (Fsp3) is 0.467. The minimum absolute atomic E-state index is 0.112. The maximum atomic E-state index is 10.7. The number of fused-ring (bicyclic) bond motifs is 1. The molecule has 0 bridgehead atoms. The van der Waals surface area contributed by atoms with Crippen LogP contribution in [0.15, 0.2) is 18.3 Å². The van der Waals surface area contributed by atoms with E-state index in [-0.39, 0.29) is 6.42 Å². The second kappa shape index (κ2) is 5.99. The molecule has 0 saturated heterocycles. The number of carbonyl (C=O) groups is 1. The van der Waals surface area contributed by atoms with Gasteiger partial charge in [0, 0.05) is 40.6 Å². The number of aryl methyl sites for hydroxylation is 1. The van der Waals surface area contributed by atoms with Crippen molar-refractivity contribution < 1.29 is 9.90 Å². The normalized spacial score (nSPS) is 17.7. The number of rotatable bonds is 5. The summed E-state index contributed by atoms with van der Waals surface area (Å²) in [6, 6.07) is 4.28. The summed E-state index contributed by atoms with van der Waals surface area (Å²) in [5.41, 5.74) is 2.64. The highest BCUT2D eigenvalue weighted by atomic mass is 32.1. The van der Waals surface area contributed by atoms with Crippen LogP contribution in [0.2, 0.25) is 0 Å². The quantitative estimate of drug-likeness (QED) is 0.889. The van der Waals surface area contributed by atoms with E-state index in [4.69, 9.17) is 5.11 Å². The van der Waals surface area contributed by atoms with Gasteiger partial charge in [0.25, 0.3) is 0 Å². The molecule has 6 heteroatoms. The number of aliphatic carboxylic acids is 1. The van der Waals surface area contributed by atoms with E-state index in [1.807, 2.05) is 30.1 Å². The van der Waals surface area contributed by atoms with Crippen molar-refractivity contribution >= 4 is 17.3 Å². The lowest BCUT2D eigenvalue weighted by Gasteiger charge is -2.23. The van der Waals surface area contributed by atoms with Crippen LogP contribution in [0.3, 0.4) is 0 Å². The van der Waals surface area contributed by atoms with Crippen molar-refractivity contribution in [3.05, 3.63) is 39.3 Å². The van der Waals surface area contributed by atoms with Gasteiger partial charge in [0.1, 0.15) is 0 Å². The van der Waals surface area contributed by atoms with E-state index < -0.39 is 5.97 Å². The van der Waals surface area contributed by atoms with Gasteiger partial charge in [0.15, 0.2) is 0 Å². The largest absolute Gasteiger partial charge is 0.481 e. The van der Waals surface area contributed by atoms with Gasteiger partial charge in [-0.3, -0.25) is 9.48 Å². The molecule has 112 valence electrons. The third-order valence-corrected chi connectivity index (χ3v) is 5.03. The first-order valence-electron chi connectivity index (χ1n) is 7.17. The molecular formula is C15H19N3O2S. The van der Waals surface area contributed by atoms with E-state index in [0.29, 0.717) is 6.04 Å². The molecule has 3 rings (SSSR count). The number of aromatic nitrogens is 2. The maximum Gasteiger partial charge on any atom is 0.308 e. The molecule has 1 unspecified atom stereocenters. The molecule has 2 N–H and O–H groups in total. The van der Waals surface area contributed by atoms with Crippen molar-refractivity contribution in [1.82, 2.24) is 15.1 Å². The molecule has 21 heavy (non-hydrogen) atoms. The fourth-order valence-corrected chi connectivity index (χ4v) is 3.86. The predicted molar refractivity (Wildman–Crippen MR) is 81.4 cm³/mol. The fourth-order valence-electron chi connectivity index (χ4n) is 2.90. The molecule has 1 aliphatic rings. The monoisotopic (exact) mass is 305 g/mol. The zero-order chi connectivity index (χ0) is 14.8. The van der Waals surface area contributed by atoms with E-state index in [1.54, 1.807) is 11.3 Å². The number of carboxylic acid groups (broad SMARTS) is 1. The van der Waals surface area contributed by atoms with Crippen LogP contribution in [0, 0.1) is 0 Å². The van der Waals surface area contributed by atoms with Crippen molar-refractivity contribution in [3.63, 3.8) is 0 Å². The molecule has 0 aliphatic heterocycles. The number of carboxylic acids is 1. The Morgan fingerprint density at radius 2 is 2.33 bits per heavy atom. The summed E-state index contributed by atoms with van der Waals surface area (Å²) in [5.74, 6) is -0.774. The van der Waals surface area contributed by atoms with E-state index in [9.17, 15) is 4.79 Å². The summed E-state index contributed by atoms with van der Waals surface area (Å²) in [5, 5.41) is 16.7. The van der Waals surface area contributed by atoms with Gasteiger partial charge in [-0.15, -0.1) is 11.3 Å².